The summed E-state index contributed by atoms with van der Waals surface area (Å²) in [5, 5.41) is 1.37. The molecule has 1 saturated carbocycles. The molecule has 0 bridgehead atoms. The predicted octanol–water partition coefficient (Wildman–Crippen LogP) is 3.78. The Morgan fingerprint density at radius 2 is 1.83 bits per heavy atom. The van der Waals surface area contributed by atoms with E-state index in [1.807, 2.05) is 11.3 Å². The second kappa shape index (κ2) is 7.52. The fourth-order valence-corrected chi connectivity index (χ4v) is 5.71. The third kappa shape index (κ3) is 3.67. The molecule has 4 rings (SSSR count). The van der Waals surface area contributed by atoms with Gasteiger partial charge in [0, 0.05) is 55.6 Å². The fourth-order valence-electron chi connectivity index (χ4n) is 4.58. The summed E-state index contributed by atoms with van der Waals surface area (Å²) in [4.78, 5) is 22.9. The van der Waals surface area contributed by atoms with E-state index in [0.717, 1.165) is 57.8 Å². The summed E-state index contributed by atoms with van der Waals surface area (Å²) < 4.78 is 0. The summed E-state index contributed by atoms with van der Waals surface area (Å²) in [5.74, 6) is 1.13. The molecule has 1 aromatic rings. The highest BCUT2D eigenvalue weighted by atomic mass is 32.1. The van der Waals surface area contributed by atoms with Gasteiger partial charge in [0.05, 0.1) is 5.01 Å². The van der Waals surface area contributed by atoms with Crippen LogP contribution in [0, 0.1) is 0 Å². The van der Waals surface area contributed by atoms with E-state index in [2.05, 4.69) is 16.0 Å². The third-order valence-electron chi connectivity index (χ3n) is 6.01. The summed E-state index contributed by atoms with van der Waals surface area (Å²) in [6.45, 7) is 4.27. The minimum Gasteiger partial charge on any atom is -0.340 e. The second-order valence-corrected chi connectivity index (χ2v) is 8.84. The maximum absolute atomic E-state index is 12.1. The van der Waals surface area contributed by atoms with Crippen molar-refractivity contribution in [3.8, 4) is 0 Å². The van der Waals surface area contributed by atoms with E-state index < -0.39 is 0 Å². The molecule has 132 valence electrons. The first-order chi connectivity index (χ1) is 11.8. The van der Waals surface area contributed by atoms with E-state index in [1.54, 1.807) is 0 Å². The van der Waals surface area contributed by atoms with Crippen LogP contribution < -0.4 is 0 Å². The molecule has 3 fully saturated rings. The Bertz CT molecular complexity index is 559. The molecule has 0 spiro atoms. The summed E-state index contributed by atoms with van der Waals surface area (Å²) >= 11 is 1.94. The van der Waals surface area contributed by atoms with Gasteiger partial charge in [0.25, 0.3) is 0 Å². The van der Waals surface area contributed by atoms with Crippen molar-refractivity contribution in [3.05, 3.63) is 16.1 Å². The van der Waals surface area contributed by atoms with Crippen LogP contribution in [0.4, 0.5) is 0 Å². The Morgan fingerprint density at radius 1 is 1.04 bits per heavy atom. The predicted molar refractivity (Wildman–Crippen MR) is 97.2 cm³/mol. The van der Waals surface area contributed by atoms with Gasteiger partial charge in [-0.15, -0.1) is 11.3 Å². The molecule has 5 heteroatoms. The van der Waals surface area contributed by atoms with E-state index in [9.17, 15) is 4.79 Å². The van der Waals surface area contributed by atoms with E-state index >= 15 is 0 Å². The summed E-state index contributed by atoms with van der Waals surface area (Å²) in [6, 6.07) is 0.490. The number of rotatable bonds is 4. The molecule has 0 radical (unpaired) electrons. The molecule has 2 aliphatic heterocycles. The van der Waals surface area contributed by atoms with Crippen molar-refractivity contribution in [3.63, 3.8) is 0 Å². The van der Waals surface area contributed by atoms with Crippen molar-refractivity contribution in [2.45, 2.75) is 76.3 Å². The zero-order chi connectivity index (χ0) is 16.4. The number of nitrogens with zero attached hydrogens (tertiary/aromatic N) is 3. The highest BCUT2D eigenvalue weighted by Gasteiger charge is 2.29. The van der Waals surface area contributed by atoms with Crippen LogP contribution in [-0.2, 0) is 11.3 Å². The Kier molecular flexibility index (Phi) is 5.18. The molecule has 4 nitrogen and oxygen atoms in total. The standard InChI is InChI=1S/C19H29N3OS/c23-18-7-3-4-10-22(18)16-8-11-21(12-9-16)14-17-13-20-19(24-17)15-5-1-2-6-15/h13,15-16H,1-12,14H2. The lowest BCUT2D eigenvalue weighted by molar-refractivity contribution is -0.136. The lowest BCUT2D eigenvalue weighted by atomic mass is 9.99. The summed E-state index contributed by atoms with van der Waals surface area (Å²) in [6.07, 6.45) is 12.9. The van der Waals surface area contributed by atoms with Crippen LogP contribution in [0.3, 0.4) is 0 Å². The van der Waals surface area contributed by atoms with Gasteiger partial charge in [-0.1, -0.05) is 12.8 Å². The minimum atomic E-state index is 0.392. The van der Waals surface area contributed by atoms with Crippen molar-refractivity contribution in [2.24, 2.45) is 0 Å². The number of hydrogen-bond donors (Lipinski definition) is 0. The minimum absolute atomic E-state index is 0.392. The van der Waals surface area contributed by atoms with Crippen LogP contribution in [0.5, 0.6) is 0 Å². The van der Waals surface area contributed by atoms with Crippen molar-refractivity contribution < 1.29 is 4.79 Å². The molecule has 0 atom stereocenters. The topological polar surface area (TPSA) is 36.4 Å². The molecule has 0 aromatic carbocycles. The Labute approximate surface area is 149 Å². The molecular weight excluding hydrogens is 318 g/mol. The Morgan fingerprint density at radius 3 is 2.58 bits per heavy atom. The van der Waals surface area contributed by atoms with E-state index in [4.69, 9.17) is 4.98 Å². The number of thiazole rings is 1. The van der Waals surface area contributed by atoms with E-state index in [1.165, 1.54) is 42.0 Å². The molecular formula is C19H29N3OS. The molecule has 24 heavy (non-hydrogen) atoms. The zero-order valence-electron chi connectivity index (χ0n) is 14.6. The molecule has 1 aromatic heterocycles. The average Bonchev–Trinajstić information content (AvgIpc) is 3.27. The first-order valence-electron chi connectivity index (χ1n) is 9.76. The molecule has 3 aliphatic rings. The largest absolute Gasteiger partial charge is 0.340 e. The van der Waals surface area contributed by atoms with Crippen LogP contribution in [0.1, 0.15) is 73.6 Å². The smallest absolute Gasteiger partial charge is 0.222 e. The van der Waals surface area contributed by atoms with Gasteiger partial charge in [-0.05, 0) is 38.5 Å². The second-order valence-electron chi connectivity index (χ2n) is 7.70. The lowest BCUT2D eigenvalue weighted by Gasteiger charge is -2.40. The van der Waals surface area contributed by atoms with Gasteiger partial charge in [-0.25, -0.2) is 4.98 Å². The van der Waals surface area contributed by atoms with Crippen molar-refractivity contribution >= 4 is 17.2 Å². The molecule has 0 unspecified atom stereocenters. The van der Waals surface area contributed by atoms with Gasteiger partial charge in [-0.2, -0.15) is 0 Å². The SMILES string of the molecule is O=C1CCCCN1C1CCN(Cc2cnc(C3CCCC3)s2)CC1. The van der Waals surface area contributed by atoms with Gasteiger partial charge < -0.3 is 4.90 Å². The highest BCUT2D eigenvalue weighted by molar-refractivity contribution is 7.11. The van der Waals surface area contributed by atoms with E-state index in [-0.39, 0.29) is 0 Å². The number of carbonyl (C=O) groups is 1. The number of aromatic nitrogens is 1. The van der Waals surface area contributed by atoms with Crippen LogP contribution in [0.25, 0.3) is 0 Å². The third-order valence-corrected chi connectivity index (χ3v) is 7.16. The molecule has 1 amide bonds. The normalized spacial score (nSPS) is 24.8. The first kappa shape index (κ1) is 16.5. The average molecular weight is 348 g/mol. The van der Waals surface area contributed by atoms with Crippen molar-refractivity contribution in [2.75, 3.05) is 19.6 Å². The number of amides is 1. The monoisotopic (exact) mass is 347 g/mol. The maximum atomic E-state index is 12.1. The van der Waals surface area contributed by atoms with Crippen LogP contribution in [0.15, 0.2) is 6.20 Å². The van der Waals surface area contributed by atoms with Gasteiger partial charge in [-0.3, -0.25) is 9.69 Å². The van der Waals surface area contributed by atoms with Crippen LogP contribution in [-0.4, -0.2) is 46.4 Å². The molecule has 3 heterocycles. The van der Waals surface area contributed by atoms with Crippen LogP contribution >= 0.6 is 11.3 Å². The van der Waals surface area contributed by atoms with Gasteiger partial charge >= 0.3 is 0 Å². The first-order valence-corrected chi connectivity index (χ1v) is 10.6. The number of hydrogen-bond acceptors (Lipinski definition) is 4. The number of piperidine rings is 2. The van der Waals surface area contributed by atoms with Crippen molar-refractivity contribution in [1.29, 1.82) is 0 Å². The van der Waals surface area contributed by atoms with Gasteiger partial charge in [0.15, 0.2) is 0 Å². The van der Waals surface area contributed by atoms with Crippen LogP contribution in [0.2, 0.25) is 0 Å². The summed E-state index contributed by atoms with van der Waals surface area (Å²) in [5.41, 5.74) is 0. The Hall–Kier alpha value is -0.940. The quantitative estimate of drug-likeness (QED) is 0.832. The number of carbonyl (C=O) groups excluding carboxylic acids is 1. The zero-order valence-corrected chi connectivity index (χ0v) is 15.4. The maximum Gasteiger partial charge on any atom is 0.222 e. The highest BCUT2D eigenvalue weighted by Crippen LogP contribution is 2.36. The van der Waals surface area contributed by atoms with Gasteiger partial charge in [0.2, 0.25) is 5.91 Å². The van der Waals surface area contributed by atoms with E-state index in [0.29, 0.717) is 11.9 Å². The van der Waals surface area contributed by atoms with Crippen molar-refractivity contribution in [1.82, 2.24) is 14.8 Å². The number of likely N-dealkylation sites (tertiary alicyclic amines) is 2. The molecule has 1 aliphatic carbocycles. The Balaban J connectivity index is 1.28. The molecule has 2 saturated heterocycles. The lowest BCUT2D eigenvalue weighted by Crippen LogP contribution is -2.48. The molecule has 0 N–H and O–H groups in total. The summed E-state index contributed by atoms with van der Waals surface area (Å²) in [7, 11) is 0. The fraction of sp³-hybridized carbons (Fsp3) is 0.789. The van der Waals surface area contributed by atoms with Gasteiger partial charge in [0.1, 0.15) is 0 Å².